The second kappa shape index (κ2) is 7.32. The molecule has 0 fully saturated rings. The molecule has 2 rings (SSSR count). The van der Waals surface area contributed by atoms with Gasteiger partial charge < -0.3 is 10.1 Å². The fourth-order valence-corrected chi connectivity index (χ4v) is 2.40. The summed E-state index contributed by atoms with van der Waals surface area (Å²) < 4.78 is 5.35. The third kappa shape index (κ3) is 4.26. The van der Waals surface area contributed by atoms with Crippen LogP contribution in [0.2, 0.25) is 5.02 Å². The van der Waals surface area contributed by atoms with E-state index in [2.05, 4.69) is 36.5 Å². The van der Waals surface area contributed by atoms with Crippen LogP contribution >= 0.6 is 11.6 Å². The topological polar surface area (TPSA) is 21.3 Å². The van der Waals surface area contributed by atoms with Gasteiger partial charge in [-0.25, -0.2) is 0 Å². The molecule has 2 aromatic rings. The summed E-state index contributed by atoms with van der Waals surface area (Å²) in [6, 6.07) is 16.6. The third-order valence-corrected chi connectivity index (χ3v) is 3.50. The molecular weight excluding hydrogens is 270 g/mol. The number of benzene rings is 2. The van der Waals surface area contributed by atoms with Gasteiger partial charge in [-0.05, 0) is 37.1 Å². The first-order chi connectivity index (χ1) is 9.69. The zero-order chi connectivity index (χ0) is 14.4. The number of hydrogen-bond acceptors (Lipinski definition) is 2. The Morgan fingerprint density at radius 2 is 1.90 bits per heavy atom. The summed E-state index contributed by atoms with van der Waals surface area (Å²) in [6.45, 7) is 2.93. The van der Waals surface area contributed by atoms with E-state index in [-0.39, 0.29) is 0 Å². The van der Waals surface area contributed by atoms with Gasteiger partial charge in [-0.1, -0.05) is 41.9 Å². The molecule has 1 N–H and O–H groups in total. The van der Waals surface area contributed by atoms with Crippen molar-refractivity contribution in [3.63, 3.8) is 0 Å². The quantitative estimate of drug-likeness (QED) is 0.865. The van der Waals surface area contributed by atoms with Crippen molar-refractivity contribution >= 4 is 11.6 Å². The van der Waals surface area contributed by atoms with Gasteiger partial charge in [0.1, 0.15) is 5.75 Å². The predicted octanol–water partition coefficient (Wildman–Crippen LogP) is 4.07. The molecule has 0 heterocycles. The van der Waals surface area contributed by atoms with E-state index < -0.39 is 0 Å². The normalized spacial score (nSPS) is 12.2. The average molecular weight is 290 g/mol. The largest absolute Gasteiger partial charge is 0.496 e. The second-order valence-corrected chi connectivity index (χ2v) is 5.36. The lowest BCUT2D eigenvalue weighted by molar-refractivity contribution is 0.405. The molecule has 3 heteroatoms. The highest BCUT2D eigenvalue weighted by Gasteiger charge is 2.07. The predicted molar refractivity (Wildman–Crippen MR) is 84.5 cm³/mol. The Hall–Kier alpha value is -1.51. The first kappa shape index (κ1) is 14.9. The van der Waals surface area contributed by atoms with Crippen LogP contribution in [0.5, 0.6) is 5.75 Å². The second-order valence-electron chi connectivity index (χ2n) is 4.93. The molecule has 106 valence electrons. The number of ether oxygens (including phenoxy) is 1. The minimum Gasteiger partial charge on any atom is -0.496 e. The maximum Gasteiger partial charge on any atom is 0.123 e. The van der Waals surface area contributed by atoms with E-state index in [1.807, 2.05) is 24.3 Å². The highest BCUT2D eigenvalue weighted by atomic mass is 35.5. The van der Waals surface area contributed by atoms with Crippen LogP contribution in [-0.2, 0) is 13.0 Å². The molecule has 1 atom stereocenters. The average Bonchev–Trinajstić information content (AvgIpc) is 2.46. The third-order valence-electron chi connectivity index (χ3n) is 3.27. The summed E-state index contributed by atoms with van der Waals surface area (Å²) in [5, 5.41) is 4.25. The van der Waals surface area contributed by atoms with E-state index in [0.29, 0.717) is 6.04 Å². The lowest BCUT2D eigenvalue weighted by atomic mass is 10.1. The van der Waals surface area contributed by atoms with E-state index in [9.17, 15) is 0 Å². The van der Waals surface area contributed by atoms with Crippen LogP contribution in [0.1, 0.15) is 18.1 Å². The van der Waals surface area contributed by atoms with E-state index >= 15 is 0 Å². The molecule has 0 aliphatic heterocycles. The van der Waals surface area contributed by atoms with Gasteiger partial charge in [0.05, 0.1) is 7.11 Å². The molecule has 0 saturated heterocycles. The summed E-state index contributed by atoms with van der Waals surface area (Å²) in [5.74, 6) is 0.869. The van der Waals surface area contributed by atoms with Crippen LogP contribution in [0.15, 0.2) is 48.5 Å². The number of hydrogen-bond donors (Lipinski definition) is 1. The maximum absolute atomic E-state index is 6.04. The van der Waals surface area contributed by atoms with E-state index in [0.717, 1.165) is 29.3 Å². The summed E-state index contributed by atoms with van der Waals surface area (Å²) >= 11 is 6.04. The Morgan fingerprint density at radius 3 is 2.60 bits per heavy atom. The van der Waals surface area contributed by atoms with Crippen molar-refractivity contribution in [1.29, 1.82) is 0 Å². The van der Waals surface area contributed by atoms with E-state index in [1.165, 1.54) is 5.56 Å². The molecule has 0 aromatic heterocycles. The van der Waals surface area contributed by atoms with Gasteiger partial charge in [0.2, 0.25) is 0 Å². The van der Waals surface area contributed by atoms with Crippen molar-refractivity contribution in [2.45, 2.75) is 25.9 Å². The Kier molecular flexibility index (Phi) is 5.45. The van der Waals surface area contributed by atoms with Gasteiger partial charge in [0.15, 0.2) is 0 Å². The molecule has 0 spiro atoms. The summed E-state index contributed by atoms with van der Waals surface area (Å²) in [7, 11) is 1.68. The molecule has 2 nitrogen and oxygen atoms in total. The van der Waals surface area contributed by atoms with E-state index in [1.54, 1.807) is 7.11 Å². The first-order valence-corrected chi connectivity index (χ1v) is 7.16. The Balaban J connectivity index is 1.93. The minimum atomic E-state index is 0.390. The Bertz CT molecular complexity index is 542. The smallest absolute Gasteiger partial charge is 0.123 e. The molecule has 0 aliphatic rings. The van der Waals surface area contributed by atoms with Gasteiger partial charge in [-0.15, -0.1) is 0 Å². The maximum atomic E-state index is 6.04. The fraction of sp³-hybridized carbons (Fsp3) is 0.294. The van der Waals surface area contributed by atoms with Crippen molar-refractivity contribution in [3.8, 4) is 5.75 Å². The van der Waals surface area contributed by atoms with Gasteiger partial charge in [-0.3, -0.25) is 0 Å². The minimum absolute atomic E-state index is 0.390. The Labute approximate surface area is 125 Å². The van der Waals surface area contributed by atoms with Gasteiger partial charge in [0, 0.05) is 23.2 Å². The van der Waals surface area contributed by atoms with Crippen molar-refractivity contribution in [1.82, 2.24) is 5.32 Å². The van der Waals surface area contributed by atoms with Gasteiger partial charge >= 0.3 is 0 Å². The van der Waals surface area contributed by atoms with Crippen molar-refractivity contribution in [2.24, 2.45) is 0 Å². The monoisotopic (exact) mass is 289 g/mol. The molecule has 1 unspecified atom stereocenters. The lowest BCUT2D eigenvalue weighted by Gasteiger charge is -2.15. The van der Waals surface area contributed by atoms with Crippen molar-refractivity contribution < 1.29 is 4.74 Å². The SMILES string of the molecule is COc1ccc(Cl)cc1CNC(C)Cc1ccccc1. The molecular formula is C17H20ClNO. The lowest BCUT2D eigenvalue weighted by Crippen LogP contribution is -2.27. The van der Waals surface area contributed by atoms with Crippen LogP contribution in [0.3, 0.4) is 0 Å². The van der Waals surface area contributed by atoms with Crippen LogP contribution in [0, 0.1) is 0 Å². The number of nitrogens with one attached hydrogen (secondary N) is 1. The molecule has 0 bridgehead atoms. The van der Waals surface area contributed by atoms with Crippen LogP contribution in [0.25, 0.3) is 0 Å². The number of halogens is 1. The molecule has 0 radical (unpaired) electrons. The van der Waals surface area contributed by atoms with Gasteiger partial charge in [-0.2, -0.15) is 0 Å². The molecule has 0 amide bonds. The molecule has 0 aliphatic carbocycles. The summed E-state index contributed by atoms with van der Waals surface area (Å²) in [6.07, 6.45) is 1.00. The van der Waals surface area contributed by atoms with Crippen LogP contribution in [0.4, 0.5) is 0 Å². The fourth-order valence-electron chi connectivity index (χ4n) is 2.21. The molecule has 20 heavy (non-hydrogen) atoms. The zero-order valence-corrected chi connectivity index (χ0v) is 12.7. The zero-order valence-electron chi connectivity index (χ0n) is 11.9. The highest BCUT2D eigenvalue weighted by molar-refractivity contribution is 6.30. The first-order valence-electron chi connectivity index (χ1n) is 6.79. The van der Waals surface area contributed by atoms with Gasteiger partial charge in [0.25, 0.3) is 0 Å². The van der Waals surface area contributed by atoms with E-state index in [4.69, 9.17) is 16.3 Å². The van der Waals surface area contributed by atoms with Crippen molar-refractivity contribution in [2.75, 3.05) is 7.11 Å². The molecule has 2 aromatic carbocycles. The highest BCUT2D eigenvalue weighted by Crippen LogP contribution is 2.22. The standard InChI is InChI=1S/C17H20ClNO/c1-13(10-14-6-4-3-5-7-14)19-12-15-11-16(18)8-9-17(15)20-2/h3-9,11,13,19H,10,12H2,1-2H3. The van der Waals surface area contributed by atoms with Crippen LogP contribution < -0.4 is 10.1 Å². The van der Waals surface area contributed by atoms with Crippen molar-refractivity contribution in [3.05, 3.63) is 64.7 Å². The number of rotatable bonds is 6. The number of methoxy groups -OCH3 is 1. The van der Waals surface area contributed by atoms with Crippen LogP contribution in [-0.4, -0.2) is 13.2 Å². The summed E-state index contributed by atoms with van der Waals surface area (Å²) in [5.41, 5.74) is 2.42. The molecule has 0 saturated carbocycles. The Morgan fingerprint density at radius 1 is 1.15 bits per heavy atom. The summed E-state index contributed by atoms with van der Waals surface area (Å²) in [4.78, 5) is 0.